The Morgan fingerprint density at radius 3 is 2.50 bits per heavy atom. The van der Waals surface area contributed by atoms with E-state index in [1.165, 1.54) is 0 Å². The van der Waals surface area contributed by atoms with Gasteiger partial charge in [-0.2, -0.15) is 0 Å². The second kappa shape index (κ2) is 3.53. The first-order chi connectivity index (χ1) is 5.63. The minimum atomic E-state index is -0.411. The maximum Gasteiger partial charge on any atom is 0.166 e. The van der Waals surface area contributed by atoms with Gasteiger partial charge in [-0.05, 0) is 19.4 Å². The summed E-state index contributed by atoms with van der Waals surface area (Å²) in [6.07, 6.45) is 0. The molecule has 0 N–H and O–H groups in total. The lowest BCUT2D eigenvalue weighted by molar-refractivity contribution is 0.0951. The zero-order chi connectivity index (χ0) is 9.14. The van der Waals surface area contributed by atoms with E-state index >= 15 is 0 Å². The van der Waals surface area contributed by atoms with Crippen LogP contribution in [-0.2, 0) is 0 Å². The summed E-state index contributed by atoms with van der Waals surface area (Å²) >= 11 is 0. The van der Waals surface area contributed by atoms with Crippen LogP contribution in [0.25, 0.3) is 0 Å². The summed E-state index contributed by atoms with van der Waals surface area (Å²) in [6, 6.07) is 7.48. The van der Waals surface area contributed by atoms with Crippen molar-refractivity contribution in [2.45, 2.75) is 13.8 Å². The summed E-state index contributed by atoms with van der Waals surface area (Å²) in [7, 11) is 0. The molecule has 12 heavy (non-hydrogen) atoms. The molecule has 0 heterocycles. The molecule has 1 heteroatoms. The van der Waals surface area contributed by atoms with Crippen LogP contribution in [0, 0.1) is 19.8 Å². The molecule has 0 fully saturated rings. The van der Waals surface area contributed by atoms with Crippen molar-refractivity contribution in [3.8, 4) is 0 Å². The normalized spacial score (nSPS) is 10.3. The van der Waals surface area contributed by atoms with Crippen molar-refractivity contribution in [3.05, 3.63) is 42.3 Å². The summed E-state index contributed by atoms with van der Waals surface area (Å²) in [5.41, 5.74) is 1.72. The van der Waals surface area contributed by atoms with Crippen molar-refractivity contribution in [1.29, 1.82) is 0 Å². The van der Waals surface area contributed by atoms with Crippen LogP contribution in [0.5, 0.6) is 0 Å². The van der Waals surface area contributed by atoms with Crippen molar-refractivity contribution in [2.24, 2.45) is 5.92 Å². The highest BCUT2D eigenvalue weighted by atomic mass is 16.1. The number of aryl methyl sites for hydroxylation is 1. The number of carbonyl (C=O) groups is 1. The molecule has 0 amide bonds. The lowest BCUT2D eigenvalue weighted by Gasteiger charge is -2.05. The van der Waals surface area contributed by atoms with E-state index < -0.39 is 5.92 Å². The van der Waals surface area contributed by atoms with Gasteiger partial charge in [0, 0.05) is 11.5 Å². The maximum atomic E-state index is 11.4. The molecule has 0 aromatic heterocycles. The molecule has 2 radical (unpaired) electrons. The molecule has 1 atom stereocenters. The van der Waals surface area contributed by atoms with Gasteiger partial charge in [-0.25, -0.2) is 0 Å². The van der Waals surface area contributed by atoms with Gasteiger partial charge >= 0.3 is 0 Å². The third-order valence-corrected chi connectivity index (χ3v) is 1.82. The van der Waals surface area contributed by atoms with Gasteiger partial charge in [0.1, 0.15) is 0 Å². The molecule has 62 valence electrons. The number of hydrogen-bond acceptors (Lipinski definition) is 1. The zero-order valence-electron chi connectivity index (χ0n) is 7.37. The van der Waals surface area contributed by atoms with E-state index in [2.05, 4.69) is 0 Å². The Morgan fingerprint density at radius 1 is 1.42 bits per heavy atom. The van der Waals surface area contributed by atoms with Gasteiger partial charge in [-0.15, -0.1) is 0 Å². The van der Waals surface area contributed by atoms with Crippen molar-refractivity contribution >= 4 is 5.78 Å². The van der Waals surface area contributed by atoms with Gasteiger partial charge in [0.05, 0.1) is 0 Å². The fraction of sp³-hybridized carbons (Fsp3) is 0.273. The fourth-order valence-corrected chi connectivity index (χ4v) is 1.09. The highest BCUT2D eigenvalue weighted by Crippen LogP contribution is 2.12. The Morgan fingerprint density at radius 2 is 2.00 bits per heavy atom. The van der Waals surface area contributed by atoms with E-state index in [0.717, 1.165) is 11.1 Å². The van der Waals surface area contributed by atoms with Gasteiger partial charge in [-0.3, -0.25) is 4.79 Å². The number of carbonyl (C=O) groups excluding carboxylic acids is 1. The number of ketones is 1. The summed E-state index contributed by atoms with van der Waals surface area (Å²) < 4.78 is 0. The summed E-state index contributed by atoms with van der Waals surface area (Å²) in [5, 5.41) is 0. The van der Waals surface area contributed by atoms with Crippen LogP contribution < -0.4 is 0 Å². The number of rotatable bonds is 2. The molecule has 0 aliphatic rings. The van der Waals surface area contributed by atoms with Crippen LogP contribution in [-0.4, -0.2) is 5.78 Å². The highest BCUT2D eigenvalue weighted by molar-refractivity contribution is 5.99. The average Bonchev–Trinajstić information content (AvgIpc) is 2.04. The van der Waals surface area contributed by atoms with E-state index in [-0.39, 0.29) is 5.78 Å². The van der Waals surface area contributed by atoms with Gasteiger partial charge in [0.15, 0.2) is 5.78 Å². The van der Waals surface area contributed by atoms with Crippen LogP contribution in [0.4, 0.5) is 0 Å². The topological polar surface area (TPSA) is 17.1 Å². The Hall–Kier alpha value is -1.11. The predicted octanol–water partition coefficient (Wildman–Crippen LogP) is 2.52. The average molecular weight is 160 g/mol. The Kier molecular flexibility index (Phi) is 2.64. The molecule has 1 nitrogen and oxygen atoms in total. The number of benzene rings is 1. The molecular weight excluding hydrogens is 148 g/mol. The first-order valence-electron chi connectivity index (χ1n) is 3.98. The molecule has 0 saturated carbocycles. The molecule has 0 spiro atoms. The van der Waals surface area contributed by atoms with E-state index in [0.29, 0.717) is 0 Å². The Balaban J connectivity index is 3.03. The van der Waals surface area contributed by atoms with Gasteiger partial charge in [0.25, 0.3) is 0 Å². The molecule has 1 aromatic rings. The fourth-order valence-electron chi connectivity index (χ4n) is 1.09. The second-order valence-electron chi connectivity index (χ2n) is 2.97. The van der Waals surface area contributed by atoms with E-state index in [1.54, 1.807) is 13.0 Å². The van der Waals surface area contributed by atoms with E-state index in [9.17, 15) is 4.79 Å². The van der Waals surface area contributed by atoms with Crippen LogP contribution in [0.1, 0.15) is 22.8 Å². The van der Waals surface area contributed by atoms with Crippen molar-refractivity contribution in [2.75, 3.05) is 0 Å². The largest absolute Gasteiger partial charge is 0.294 e. The summed E-state index contributed by atoms with van der Waals surface area (Å²) in [6.45, 7) is 9.10. The SMILES string of the molecule is [CH]C(C)C(=O)c1ccccc1C. The minimum absolute atomic E-state index is 0.00750. The third-order valence-electron chi connectivity index (χ3n) is 1.82. The first-order valence-corrected chi connectivity index (χ1v) is 3.98. The number of hydrogen-bond donors (Lipinski definition) is 0. The second-order valence-corrected chi connectivity index (χ2v) is 2.97. The van der Waals surface area contributed by atoms with Gasteiger partial charge in [-0.1, -0.05) is 31.2 Å². The van der Waals surface area contributed by atoms with Gasteiger partial charge < -0.3 is 0 Å². The van der Waals surface area contributed by atoms with Crippen LogP contribution in [0.15, 0.2) is 24.3 Å². The van der Waals surface area contributed by atoms with Crippen LogP contribution in [0.2, 0.25) is 0 Å². The minimum Gasteiger partial charge on any atom is -0.294 e. The third kappa shape index (κ3) is 1.73. The van der Waals surface area contributed by atoms with Crippen molar-refractivity contribution < 1.29 is 4.79 Å². The molecule has 1 rings (SSSR count). The standard InChI is InChI=1S/C11H12O/c1-8(2)11(12)10-7-5-4-6-9(10)3/h1,4-8H,2-3H3. The number of Topliss-reactive ketones (excluding diaryl/α,β-unsaturated/α-hetero) is 1. The molecule has 0 aliphatic carbocycles. The molecule has 0 saturated heterocycles. The quantitative estimate of drug-likeness (QED) is 0.607. The van der Waals surface area contributed by atoms with Crippen molar-refractivity contribution in [1.82, 2.24) is 0 Å². The predicted molar refractivity (Wildman–Crippen MR) is 49.0 cm³/mol. The first kappa shape index (κ1) is 8.98. The molecule has 0 aliphatic heterocycles. The van der Waals surface area contributed by atoms with Crippen LogP contribution in [0.3, 0.4) is 0 Å². The zero-order valence-corrected chi connectivity index (χ0v) is 7.37. The lowest BCUT2D eigenvalue weighted by atomic mass is 9.97. The monoisotopic (exact) mass is 160 g/mol. The van der Waals surface area contributed by atoms with E-state index in [1.807, 2.05) is 25.1 Å². The molecule has 0 bridgehead atoms. The van der Waals surface area contributed by atoms with Crippen molar-refractivity contribution in [3.63, 3.8) is 0 Å². The molecule has 1 unspecified atom stereocenters. The maximum absolute atomic E-state index is 11.4. The lowest BCUT2D eigenvalue weighted by Crippen LogP contribution is -2.08. The van der Waals surface area contributed by atoms with E-state index in [4.69, 9.17) is 6.92 Å². The van der Waals surface area contributed by atoms with Crippen LogP contribution >= 0.6 is 0 Å². The molecular formula is C11H12O. The summed E-state index contributed by atoms with van der Waals surface area (Å²) in [4.78, 5) is 11.4. The Bertz CT molecular complexity index is 287. The smallest absolute Gasteiger partial charge is 0.166 e. The summed E-state index contributed by atoms with van der Waals surface area (Å²) in [5.74, 6) is -0.404. The highest BCUT2D eigenvalue weighted by Gasteiger charge is 2.11. The Labute approximate surface area is 73.4 Å². The van der Waals surface area contributed by atoms with Gasteiger partial charge in [0.2, 0.25) is 0 Å². The molecule has 1 aromatic carbocycles.